The van der Waals surface area contributed by atoms with Crippen molar-refractivity contribution in [1.82, 2.24) is 10.3 Å². The van der Waals surface area contributed by atoms with Crippen LogP contribution in [0.5, 0.6) is 0 Å². The number of hydrogen-bond acceptors (Lipinski definition) is 5. The van der Waals surface area contributed by atoms with E-state index in [0.29, 0.717) is 6.54 Å². The van der Waals surface area contributed by atoms with E-state index >= 15 is 0 Å². The molecule has 0 fully saturated rings. The molecule has 0 saturated carbocycles. The maximum atomic E-state index is 5.50. The molecule has 0 aromatic carbocycles. The Balaban J connectivity index is 1.80. The number of nitrogens with zero attached hydrogens (tertiary/aromatic N) is 1. The van der Waals surface area contributed by atoms with Crippen LogP contribution < -0.4 is 11.1 Å². The molecule has 0 aliphatic heterocycles. The second-order valence-corrected chi connectivity index (χ2v) is 6.36. The number of thiazole rings is 1. The SMILES string of the molecule is NCCc1nc(CNCc2sccc2Br)cs1. The van der Waals surface area contributed by atoms with Gasteiger partial charge in [-0.25, -0.2) is 4.98 Å². The Kier molecular flexibility index (Phi) is 5.12. The molecule has 0 aliphatic rings. The molecular weight excluding hydrogens is 318 g/mol. The molecular formula is C11H14BrN3S2. The lowest BCUT2D eigenvalue weighted by molar-refractivity contribution is 0.686. The molecule has 6 heteroatoms. The molecule has 0 saturated heterocycles. The number of nitrogens with one attached hydrogen (secondary N) is 1. The monoisotopic (exact) mass is 331 g/mol. The van der Waals surface area contributed by atoms with Gasteiger partial charge in [-0.2, -0.15) is 0 Å². The highest BCUT2D eigenvalue weighted by Crippen LogP contribution is 2.22. The number of rotatable bonds is 6. The highest BCUT2D eigenvalue weighted by molar-refractivity contribution is 9.10. The van der Waals surface area contributed by atoms with Crippen LogP contribution in [0.1, 0.15) is 15.6 Å². The maximum Gasteiger partial charge on any atom is 0.0941 e. The molecule has 0 aliphatic carbocycles. The zero-order valence-electron chi connectivity index (χ0n) is 9.28. The van der Waals surface area contributed by atoms with Crippen LogP contribution in [0.25, 0.3) is 0 Å². The van der Waals surface area contributed by atoms with Gasteiger partial charge < -0.3 is 11.1 Å². The molecule has 3 nitrogen and oxygen atoms in total. The first kappa shape index (κ1) is 13.2. The van der Waals surface area contributed by atoms with Gasteiger partial charge in [0.1, 0.15) is 0 Å². The van der Waals surface area contributed by atoms with E-state index in [0.717, 1.165) is 30.2 Å². The Morgan fingerprint density at radius 2 is 2.24 bits per heavy atom. The van der Waals surface area contributed by atoms with Crippen molar-refractivity contribution in [3.05, 3.63) is 36.9 Å². The lowest BCUT2D eigenvalue weighted by Gasteiger charge is -2.01. The van der Waals surface area contributed by atoms with Crippen LogP contribution in [0.2, 0.25) is 0 Å². The van der Waals surface area contributed by atoms with Crippen molar-refractivity contribution in [1.29, 1.82) is 0 Å². The molecule has 17 heavy (non-hydrogen) atoms. The molecule has 3 N–H and O–H groups in total. The summed E-state index contributed by atoms with van der Waals surface area (Å²) in [5.74, 6) is 0. The molecule has 92 valence electrons. The molecule has 0 unspecified atom stereocenters. The smallest absolute Gasteiger partial charge is 0.0941 e. The Hall–Kier alpha value is -0.270. The first-order valence-corrected chi connectivity index (χ1v) is 7.90. The van der Waals surface area contributed by atoms with Crippen molar-refractivity contribution >= 4 is 38.6 Å². The maximum absolute atomic E-state index is 5.50. The Morgan fingerprint density at radius 3 is 2.94 bits per heavy atom. The molecule has 0 radical (unpaired) electrons. The zero-order valence-corrected chi connectivity index (χ0v) is 12.5. The second-order valence-electron chi connectivity index (χ2n) is 3.57. The van der Waals surface area contributed by atoms with Crippen molar-refractivity contribution in [2.75, 3.05) is 6.54 Å². The topological polar surface area (TPSA) is 50.9 Å². The van der Waals surface area contributed by atoms with Crippen molar-refractivity contribution in [2.45, 2.75) is 19.5 Å². The van der Waals surface area contributed by atoms with E-state index < -0.39 is 0 Å². The van der Waals surface area contributed by atoms with Gasteiger partial charge >= 0.3 is 0 Å². The van der Waals surface area contributed by atoms with Gasteiger partial charge in [-0.3, -0.25) is 0 Å². The molecule has 2 heterocycles. The third kappa shape index (κ3) is 3.86. The van der Waals surface area contributed by atoms with E-state index in [-0.39, 0.29) is 0 Å². The summed E-state index contributed by atoms with van der Waals surface area (Å²) in [6, 6.07) is 2.07. The van der Waals surface area contributed by atoms with Crippen molar-refractivity contribution in [3.63, 3.8) is 0 Å². The van der Waals surface area contributed by atoms with Crippen molar-refractivity contribution < 1.29 is 0 Å². The van der Waals surface area contributed by atoms with Gasteiger partial charge in [-0.05, 0) is 33.9 Å². The highest BCUT2D eigenvalue weighted by atomic mass is 79.9. The summed E-state index contributed by atoms with van der Waals surface area (Å²) in [5, 5.41) is 8.71. The van der Waals surface area contributed by atoms with E-state index in [4.69, 9.17) is 5.73 Å². The minimum Gasteiger partial charge on any atom is -0.330 e. The molecule has 2 rings (SSSR count). The van der Waals surface area contributed by atoms with Crippen LogP contribution in [-0.4, -0.2) is 11.5 Å². The number of aromatic nitrogens is 1. The average molecular weight is 332 g/mol. The minimum absolute atomic E-state index is 0.669. The van der Waals surface area contributed by atoms with E-state index in [9.17, 15) is 0 Å². The summed E-state index contributed by atoms with van der Waals surface area (Å²) in [7, 11) is 0. The van der Waals surface area contributed by atoms with Crippen LogP contribution >= 0.6 is 38.6 Å². The lowest BCUT2D eigenvalue weighted by Crippen LogP contribution is -2.12. The summed E-state index contributed by atoms with van der Waals surface area (Å²) in [6.07, 6.45) is 0.876. The van der Waals surface area contributed by atoms with Gasteiger partial charge in [-0.15, -0.1) is 22.7 Å². The third-order valence-electron chi connectivity index (χ3n) is 2.24. The van der Waals surface area contributed by atoms with Crippen LogP contribution in [0.15, 0.2) is 21.3 Å². The second kappa shape index (κ2) is 6.61. The largest absolute Gasteiger partial charge is 0.330 e. The summed E-state index contributed by atoms with van der Waals surface area (Å²) in [4.78, 5) is 5.83. The lowest BCUT2D eigenvalue weighted by atomic mass is 10.4. The van der Waals surface area contributed by atoms with Gasteiger partial charge in [0.15, 0.2) is 0 Å². The van der Waals surface area contributed by atoms with Gasteiger partial charge in [0.2, 0.25) is 0 Å². The van der Waals surface area contributed by atoms with E-state index in [1.54, 1.807) is 22.7 Å². The van der Waals surface area contributed by atoms with Crippen LogP contribution in [0.4, 0.5) is 0 Å². The van der Waals surface area contributed by atoms with Gasteiger partial charge in [0.05, 0.1) is 10.7 Å². The molecule has 0 amide bonds. The van der Waals surface area contributed by atoms with Crippen LogP contribution in [0.3, 0.4) is 0 Å². The fraction of sp³-hybridized carbons (Fsp3) is 0.364. The fourth-order valence-corrected chi connectivity index (χ4v) is 3.70. The number of hydrogen-bond donors (Lipinski definition) is 2. The number of nitrogens with two attached hydrogens (primary N) is 1. The predicted octanol–water partition coefficient (Wildman–Crippen LogP) is 2.76. The first-order chi connectivity index (χ1) is 8.29. The predicted molar refractivity (Wildman–Crippen MR) is 77.4 cm³/mol. The number of halogens is 1. The third-order valence-corrected chi connectivity index (χ3v) is 5.12. The summed E-state index contributed by atoms with van der Waals surface area (Å²) in [5.41, 5.74) is 6.60. The fourth-order valence-electron chi connectivity index (χ4n) is 1.42. The van der Waals surface area contributed by atoms with Crippen molar-refractivity contribution in [2.24, 2.45) is 5.73 Å². The summed E-state index contributed by atoms with van der Waals surface area (Å²) < 4.78 is 1.18. The highest BCUT2D eigenvalue weighted by Gasteiger charge is 2.03. The summed E-state index contributed by atoms with van der Waals surface area (Å²) in [6.45, 7) is 2.36. The Morgan fingerprint density at radius 1 is 1.35 bits per heavy atom. The summed E-state index contributed by atoms with van der Waals surface area (Å²) >= 11 is 6.96. The number of thiophene rings is 1. The molecule has 2 aromatic rings. The van der Waals surface area contributed by atoms with Gasteiger partial charge in [0, 0.05) is 34.2 Å². The van der Waals surface area contributed by atoms with E-state index in [2.05, 4.69) is 43.1 Å². The standard InChI is InChI=1S/C11H14BrN3S2/c12-9-2-4-16-10(9)6-14-5-8-7-17-11(15-8)1-3-13/h2,4,7,14H,1,3,5-6,13H2. The zero-order chi connectivity index (χ0) is 12.1. The van der Waals surface area contributed by atoms with E-state index in [1.807, 2.05) is 0 Å². The molecule has 0 bridgehead atoms. The van der Waals surface area contributed by atoms with Crippen LogP contribution in [0, 0.1) is 0 Å². The molecule has 0 atom stereocenters. The van der Waals surface area contributed by atoms with Crippen LogP contribution in [-0.2, 0) is 19.5 Å². The molecule has 2 aromatic heterocycles. The normalized spacial score (nSPS) is 10.9. The minimum atomic E-state index is 0.669. The van der Waals surface area contributed by atoms with Crippen molar-refractivity contribution in [3.8, 4) is 0 Å². The first-order valence-electron chi connectivity index (χ1n) is 5.35. The Labute approximate surface area is 117 Å². The van der Waals surface area contributed by atoms with Gasteiger partial charge in [0.25, 0.3) is 0 Å². The van der Waals surface area contributed by atoms with Gasteiger partial charge in [-0.1, -0.05) is 0 Å². The Bertz CT molecular complexity index is 467. The average Bonchev–Trinajstić information content (AvgIpc) is 2.90. The quantitative estimate of drug-likeness (QED) is 0.855. The molecule has 0 spiro atoms. The van der Waals surface area contributed by atoms with E-state index in [1.165, 1.54) is 9.35 Å².